The van der Waals surface area contributed by atoms with Crippen molar-refractivity contribution >= 4 is 22.9 Å². The Morgan fingerprint density at radius 3 is 2.71 bits per heavy atom. The van der Waals surface area contributed by atoms with Gasteiger partial charge in [0.1, 0.15) is 12.4 Å². The van der Waals surface area contributed by atoms with E-state index in [-0.39, 0.29) is 16.4 Å². The maximum atomic E-state index is 11.4. The number of nitrogens with zero attached hydrogens (tertiary/aromatic N) is 1. The highest BCUT2D eigenvalue weighted by molar-refractivity contribution is 8.15. The molecule has 1 aliphatic heterocycles. The smallest absolute Gasteiger partial charge is 0.286 e. The molecule has 0 spiro atoms. The summed E-state index contributed by atoms with van der Waals surface area (Å²) < 4.78 is 11.3. The fourth-order valence-corrected chi connectivity index (χ4v) is 3.52. The van der Waals surface area contributed by atoms with Gasteiger partial charge in [0.05, 0.1) is 17.6 Å². The normalized spacial score (nSPS) is 16.0. The van der Waals surface area contributed by atoms with Gasteiger partial charge in [0, 0.05) is 18.4 Å². The SMILES string of the molecule is Cc1ccc(-c2nc(CCOCC#CCCC3SC(=O)NC3=O)c(C)o2)cc1. The van der Waals surface area contributed by atoms with Gasteiger partial charge >= 0.3 is 0 Å². The second-order valence-electron chi connectivity index (χ2n) is 6.47. The molecule has 1 aromatic carbocycles. The summed E-state index contributed by atoms with van der Waals surface area (Å²) in [5.74, 6) is 7.11. The second kappa shape index (κ2) is 9.58. The molecule has 1 unspecified atom stereocenters. The number of benzene rings is 1. The van der Waals surface area contributed by atoms with Crippen LogP contribution in [0.2, 0.25) is 0 Å². The molecule has 1 aliphatic rings. The molecule has 0 bridgehead atoms. The first-order valence-electron chi connectivity index (χ1n) is 9.11. The number of imide groups is 1. The van der Waals surface area contributed by atoms with Crippen LogP contribution in [-0.2, 0) is 16.0 Å². The quantitative estimate of drug-likeness (QED) is 0.566. The molecule has 1 N–H and O–H groups in total. The Morgan fingerprint density at radius 1 is 1.21 bits per heavy atom. The summed E-state index contributed by atoms with van der Waals surface area (Å²) in [6, 6.07) is 8.07. The molecule has 0 radical (unpaired) electrons. The second-order valence-corrected chi connectivity index (χ2v) is 7.64. The molecule has 0 saturated carbocycles. The third-order valence-corrected chi connectivity index (χ3v) is 5.32. The van der Waals surface area contributed by atoms with Gasteiger partial charge in [-0.25, -0.2) is 4.98 Å². The maximum Gasteiger partial charge on any atom is 0.286 e. The summed E-state index contributed by atoms with van der Waals surface area (Å²) in [6.45, 7) is 4.78. The Hall–Kier alpha value is -2.56. The summed E-state index contributed by atoms with van der Waals surface area (Å²) >= 11 is 1.03. The van der Waals surface area contributed by atoms with Gasteiger partial charge in [0.25, 0.3) is 5.24 Å². The fraction of sp³-hybridized carbons (Fsp3) is 0.381. The molecule has 1 atom stereocenters. The van der Waals surface area contributed by atoms with Crippen LogP contribution in [0.3, 0.4) is 0 Å². The molecule has 1 aromatic heterocycles. The highest BCUT2D eigenvalue weighted by atomic mass is 32.2. The van der Waals surface area contributed by atoms with Crippen LogP contribution in [0.15, 0.2) is 28.7 Å². The lowest BCUT2D eigenvalue weighted by molar-refractivity contribution is -0.119. The predicted molar refractivity (Wildman–Crippen MR) is 108 cm³/mol. The van der Waals surface area contributed by atoms with Crippen molar-refractivity contribution in [1.29, 1.82) is 0 Å². The first-order chi connectivity index (χ1) is 13.5. The minimum Gasteiger partial charge on any atom is -0.441 e. The van der Waals surface area contributed by atoms with E-state index in [0.717, 1.165) is 28.8 Å². The van der Waals surface area contributed by atoms with Crippen molar-refractivity contribution in [2.45, 2.75) is 38.4 Å². The zero-order valence-electron chi connectivity index (χ0n) is 15.9. The van der Waals surface area contributed by atoms with E-state index in [1.807, 2.05) is 38.1 Å². The van der Waals surface area contributed by atoms with Crippen LogP contribution < -0.4 is 5.32 Å². The highest BCUT2D eigenvalue weighted by Crippen LogP contribution is 2.23. The Labute approximate surface area is 168 Å². The van der Waals surface area contributed by atoms with Gasteiger partial charge in [-0.1, -0.05) is 35.4 Å². The number of carbonyl (C=O) groups excluding carboxylic acids is 2. The molecule has 1 fully saturated rings. The first-order valence-corrected chi connectivity index (χ1v) is 9.99. The van der Waals surface area contributed by atoms with Crippen molar-refractivity contribution < 1.29 is 18.7 Å². The maximum absolute atomic E-state index is 11.4. The zero-order chi connectivity index (χ0) is 19.9. The molecular formula is C21H22N2O4S. The van der Waals surface area contributed by atoms with Gasteiger partial charge in [0.2, 0.25) is 11.8 Å². The number of hydrogen-bond donors (Lipinski definition) is 1. The molecule has 146 valence electrons. The number of carbonyl (C=O) groups is 2. The predicted octanol–water partition coefficient (Wildman–Crippen LogP) is 3.65. The minimum atomic E-state index is -0.319. The first kappa shape index (κ1) is 20.2. The van der Waals surface area contributed by atoms with Crippen molar-refractivity contribution in [2.24, 2.45) is 0 Å². The van der Waals surface area contributed by atoms with E-state index < -0.39 is 0 Å². The van der Waals surface area contributed by atoms with E-state index in [0.29, 0.717) is 38.4 Å². The molecule has 2 amide bonds. The lowest BCUT2D eigenvalue weighted by atomic mass is 10.1. The number of ether oxygens (including phenoxy) is 1. The van der Waals surface area contributed by atoms with Crippen LogP contribution in [0.25, 0.3) is 11.5 Å². The van der Waals surface area contributed by atoms with Gasteiger partial charge in [-0.05, 0) is 32.4 Å². The monoisotopic (exact) mass is 398 g/mol. The van der Waals surface area contributed by atoms with Crippen molar-refractivity contribution in [3.8, 4) is 23.3 Å². The number of aromatic nitrogens is 1. The number of amides is 2. The van der Waals surface area contributed by atoms with Crippen LogP contribution in [0.5, 0.6) is 0 Å². The van der Waals surface area contributed by atoms with E-state index in [1.54, 1.807) is 0 Å². The molecule has 3 rings (SSSR count). The number of oxazole rings is 1. The van der Waals surface area contributed by atoms with E-state index in [4.69, 9.17) is 9.15 Å². The lowest BCUT2D eigenvalue weighted by Crippen LogP contribution is -2.23. The van der Waals surface area contributed by atoms with Gasteiger partial charge < -0.3 is 9.15 Å². The van der Waals surface area contributed by atoms with Crippen molar-refractivity contribution in [3.63, 3.8) is 0 Å². The molecule has 28 heavy (non-hydrogen) atoms. The average Bonchev–Trinajstić information content (AvgIpc) is 3.19. The van der Waals surface area contributed by atoms with Gasteiger partial charge in [-0.2, -0.15) is 0 Å². The number of rotatable bonds is 7. The summed E-state index contributed by atoms with van der Waals surface area (Å²) in [4.78, 5) is 27.1. The van der Waals surface area contributed by atoms with E-state index >= 15 is 0 Å². The minimum absolute atomic E-state index is 0.221. The van der Waals surface area contributed by atoms with Crippen molar-refractivity contribution in [1.82, 2.24) is 10.3 Å². The number of aryl methyl sites for hydroxylation is 2. The molecule has 2 heterocycles. The molecular weight excluding hydrogens is 376 g/mol. The van der Waals surface area contributed by atoms with Crippen molar-refractivity contribution in [3.05, 3.63) is 41.3 Å². The van der Waals surface area contributed by atoms with Crippen LogP contribution in [0, 0.1) is 25.7 Å². The average molecular weight is 398 g/mol. The van der Waals surface area contributed by atoms with E-state index in [1.165, 1.54) is 5.56 Å². The standard InChI is InChI=1S/C21H22N2O4S/c1-14-7-9-16(10-8-14)20-22-17(15(2)27-20)11-13-26-12-5-3-4-6-18-19(24)23-21(25)28-18/h7-10,18H,4,6,11-13H2,1-2H3,(H,23,24,25). The molecule has 6 nitrogen and oxygen atoms in total. The lowest BCUT2D eigenvalue weighted by Gasteiger charge is -2.00. The van der Waals surface area contributed by atoms with Crippen molar-refractivity contribution in [2.75, 3.05) is 13.2 Å². The molecule has 0 aliphatic carbocycles. The summed E-state index contributed by atoms with van der Waals surface area (Å²) in [5, 5.41) is 1.67. The zero-order valence-corrected chi connectivity index (χ0v) is 16.7. The van der Waals surface area contributed by atoms with Crippen LogP contribution in [-0.4, -0.2) is 34.6 Å². The Balaban J connectivity index is 1.37. The highest BCUT2D eigenvalue weighted by Gasteiger charge is 2.30. The largest absolute Gasteiger partial charge is 0.441 e. The molecule has 7 heteroatoms. The molecule has 2 aromatic rings. The van der Waals surface area contributed by atoms with Gasteiger partial charge in [0.15, 0.2) is 0 Å². The number of nitrogens with one attached hydrogen (secondary N) is 1. The summed E-state index contributed by atoms with van der Waals surface area (Å²) in [6.07, 6.45) is 1.78. The van der Waals surface area contributed by atoms with Gasteiger partial charge in [-0.3, -0.25) is 14.9 Å². The number of thioether (sulfide) groups is 1. The van der Waals surface area contributed by atoms with E-state index in [2.05, 4.69) is 22.1 Å². The third-order valence-electron chi connectivity index (χ3n) is 4.27. The van der Waals surface area contributed by atoms with Crippen LogP contribution in [0.1, 0.15) is 29.9 Å². The van der Waals surface area contributed by atoms with Crippen LogP contribution >= 0.6 is 11.8 Å². The third kappa shape index (κ3) is 5.47. The Bertz CT molecular complexity index is 909. The molecule has 1 saturated heterocycles. The van der Waals surface area contributed by atoms with Gasteiger partial charge in [-0.15, -0.1) is 5.92 Å². The fourth-order valence-electron chi connectivity index (χ4n) is 2.70. The number of hydrogen-bond acceptors (Lipinski definition) is 6. The van der Waals surface area contributed by atoms with Crippen LogP contribution in [0.4, 0.5) is 4.79 Å². The summed E-state index contributed by atoms with van der Waals surface area (Å²) in [7, 11) is 0. The Morgan fingerprint density at radius 2 is 2.00 bits per heavy atom. The topological polar surface area (TPSA) is 81.4 Å². The van der Waals surface area contributed by atoms with E-state index in [9.17, 15) is 9.59 Å². The summed E-state index contributed by atoms with van der Waals surface area (Å²) in [5.41, 5.74) is 3.04. The Kier molecular flexibility index (Phi) is 6.90.